The number of nitrogens with zero attached hydrogens (tertiary/aromatic N) is 2. The molecule has 0 radical (unpaired) electrons. The van der Waals surface area contributed by atoms with Crippen LogP contribution in [0.3, 0.4) is 0 Å². The first-order chi connectivity index (χ1) is 9.16. The van der Waals surface area contributed by atoms with Crippen molar-refractivity contribution in [2.45, 2.75) is 38.1 Å². The lowest BCUT2D eigenvalue weighted by atomic mass is 9.85. The summed E-state index contributed by atoms with van der Waals surface area (Å²) in [6, 6.07) is 2.04. The predicted molar refractivity (Wildman–Crippen MR) is 73.9 cm³/mol. The second-order valence-corrected chi connectivity index (χ2v) is 5.84. The molecule has 4 nitrogen and oxygen atoms in total. The molecule has 0 bridgehead atoms. The molecule has 1 aromatic heterocycles. The van der Waals surface area contributed by atoms with Crippen LogP contribution in [-0.4, -0.2) is 28.6 Å². The van der Waals surface area contributed by atoms with Crippen molar-refractivity contribution in [3.63, 3.8) is 0 Å². The Morgan fingerprint density at radius 3 is 2.89 bits per heavy atom. The van der Waals surface area contributed by atoms with Gasteiger partial charge in [0.25, 0.3) is 0 Å². The molecule has 1 saturated heterocycles. The molecule has 1 N–H and O–H groups in total. The lowest BCUT2D eigenvalue weighted by molar-refractivity contribution is 0.0696. The van der Waals surface area contributed by atoms with Gasteiger partial charge >= 0.3 is 5.97 Å². The fourth-order valence-corrected chi connectivity index (χ4v) is 3.70. The zero-order valence-corrected chi connectivity index (χ0v) is 11.4. The molecule has 2 atom stereocenters. The third kappa shape index (κ3) is 2.29. The first-order valence-electron chi connectivity index (χ1n) is 6.82. The molecular formula is C14H17ClN2O2. The van der Waals surface area contributed by atoms with Crippen molar-refractivity contribution >= 4 is 23.4 Å². The summed E-state index contributed by atoms with van der Waals surface area (Å²) in [5.41, 5.74) is 0.146. The summed E-state index contributed by atoms with van der Waals surface area (Å²) in [4.78, 5) is 17.5. The topological polar surface area (TPSA) is 53.4 Å². The van der Waals surface area contributed by atoms with Crippen LogP contribution in [0, 0.1) is 5.92 Å². The van der Waals surface area contributed by atoms with Gasteiger partial charge in [-0.3, -0.25) is 0 Å². The molecular weight excluding hydrogens is 264 g/mol. The molecule has 0 spiro atoms. The van der Waals surface area contributed by atoms with Gasteiger partial charge in [-0.1, -0.05) is 24.4 Å². The number of hydrogen-bond acceptors (Lipinski definition) is 3. The number of aromatic nitrogens is 1. The van der Waals surface area contributed by atoms with Crippen LogP contribution >= 0.6 is 11.6 Å². The van der Waals surface area contributed by atoms with E-state index in [9.17, 15) is 4.79 Å². The minimum absolute atomic E-state index is 0.146. The van der Waals surface area contributed by atoms with Gasteiger partial charge in [0, 0.05) is 18.8 Å². The standard InChI is InChI=1S/C14H17ClN2O2/c15-11-7-10(14(18)19)8-16-13(11)17-6-5-9-3-1-2-4-12(9)17/h7-9,12H,1-6H2,(H,18,19). The number of hydrogen-bond donors (Lipinski definition) is 1. The second-order valence-electron chi connectivity index (χ2n) is 5.43. The highest BCUT2D eigenvalue weighted by Crippen LogP contribution is 2.40. The first-order valence-corrected chi connectivity index (χ1v) is 7.20. The van der Waals surface area contributed by atoms with Crippen LogP contribution in [0.15, 0.2) is 12.3 Å². The summed E-state index contributed by atoms with van der Waals surface area (Å²) in [5.74, 6) is 0.518. The van der Waals surface area contributed by atoms with E-state index >= 15 is 0 Å². The van der Waals surface area contributed by atoms with Crippen molar-refractivity contribution in [1.82, 2.24) is 4.98 Å². The van der Waals surface area contributed by atoms with Crippen molar-refractivity contribution < 1.29 is 9.90 Å². The van der Waals surface area contributed by atoms with E-state index < -0.39 is 5.97 Å². The molecule has 2 fully saturated rings. The van der Waals surface area contributed by atoms with Crippen LogP contribution < -0.4 is 4.90 Å². The number of aromatic carboxylic acids is 1. The van der Waals surface area contributed by atoms with Gasteiger partial charge in [0.2, 0.25) is 0 Å². The summed E-state index contributed by atoms with van der Waals surface area (Å²) in [5, 5.41) is 9.39. The minimum Gasteiger partial charge on any atom is -0.478 e. The van der Waals surface area contributed by atoms with Gasteiger partial charge in [-0.05, 0) is 31.2 Å². The third-order valence-electron chi connectivity index (χ3n) is 4.35. The van der Waals surface area contributed by atoms with Gasteiger partial charge < -0.3 is 10.0 Å². The summed E-state index contributed by atoms with van der Waals surface area (Å²) >= 11 is 6.22. The minimum atomic E-state index is -0.988. The predicted octanol–water partition coefficient (Wildman–Crippen LogP) is 3.20. The smallest absolute Gasteiger partial charge is 0.337 e. The van der Waals surface area contributed by atoms with Gasteiger partial charge in [0.15, 0.2) is 0 Å². The number of anilines is 1. The van der Waals surface area contributed by atoms with E-state index in [4.69, 9.17) is 16.7 Å². The Kier molecular flexibility index (Phi) is 3.35. The molecule has 1 aromatic rings. The number of carboxylic acid groups (broad SMARTS) is 1. The quantitative estimate of drug-likeness (QED) is 0.904. The van der Waals surface area contributed by atoms with Crippen LogP contribution in [0.2, 0.25) is 5.02 Å². The largest absolute Gasteiger partial charge is 0.478 e. The molecule has 3 rings (SSSR count). The molecule has 5 heteroatoms. The monoisotopic (exact) mass is 280 g/mol. The van der Waals surface area contributed by atoms with Crippen LogP contribution in [0.4, 0.5) is 5.82 Å². The van der Waals surface area contributed by atoms with Gasteiger partial charge in [0.05, 0.1) is 10.6 Å². The lowest BCUT2D eigenvalue weighted by Gasteiger charge is -2.32. The van der Waals surface area contributed by atoms with Crippen molar-refractivity contribution in [3.8, 4) is 0 Å². The van der Waals surface area contributed by atoms with E-state index in [2.05, 4.69) is 9.88 Å². The highest BCUT2D eigenvalue weighted by Gasteiger charge is 2.37. The van der Waals surface area contributed by atoms with Crippen molar-refractivity contribution in [2.75, 3.05) is 11.4 Å². The van der Waals surface area contributed by atoms with E-state index in [0.29, 0.717) is 11.1 Å². The molecule has 1 aliphatic heterocycles. The molecule has 19 heavy (non-hydrogen) atoms. The summed E-state index contributed by atoms with van der Waals surface area (Å²) < 4.78 is 0. The van der Waals surface area contributed by atoms with Crippen molar-refractivity contribution in [2.24, 2.45) is 5.92 Å². The van der Waals surface area contributed by atoms with E-state index in [1.54, 1.807) is 0 Å². The summed E-state index contributed by atoms with van der Waals surface area (Å²) in [6.07, 6.45) is 7.69. The van der Waals surface area contributed by atoms with Gasteiger partial charge in [-0.25, -0.2) is 9.78 Å². The molecule has 1 saturated carbocycles. The molecule has 1 aliphatic carbocycles. The molecule has 102 valence electrons. The normalized spacial score (nSPS) is 26.3. The number of carbonyl (C=O) groups is 1. The van der Waals surface area contributed by atoms with E-state index in [1.165, 1.54) is 44.4 Å². The lowest BCUT2D eigenvalue weighted by Crippen LogP contribution is -2.35. The van der Waals surface area contributed by atoms with Gasteiger partial charge in [0.1, 0.15) is 5.82 Å². The summed E-state index contributed by atoms with van der Waals surface area (Å²) in [6.45, 7) is 0.981. The highest BCUT2D eigenvalue weighted by molar-refractivity contribution is 6.33. The number of fused-ring (bicyclic) bond motifs is 1. The van der Waals surface area contributed by atoms with Gasteiger partial charge in [-0.15, -0.1) is 0 Å². The zero-order valence-electron chi connectivity index (χ0n) is 10.7. The van der Waals surface area contributed by atoms with Crippen LogP contribution in [-0.2, 0) is 0 Å². The maximum atomic E-state index is 10.9. The zero-order chi connectivity index (χ0) is 13.4. The van der Waals surface area contributed by atoms with Crippen LogP contribution in [0.25, 0.3) is 0 Å². The Bertz CT molecular complexity index is 506. The fraction of sp³-hybridized carbons (Fsp3) is 0.571. The second kappa shape index (κ2) is 5.00. The maximum absolute atomic E-state index is 10.9. The fourth-order valence-electron chi connectivity index (χ4n) is 3.43. The Hall–Kier alpha value is -1.29. The maximum Gasteiger partial charge on any atom is 0.337 e. The number of rotatable bonds is 2. The molecule has 2 heterocycles. The van der Waals surface area contributed by atoms with Crippen molar-refractivity contribution in [1.29, 1.82) is 0 Å². The van der Waals surface area contributed by atoms with Gasteiger partial charge in [-0.2, -0.15) is 0 Å². The van der Waals surface area contributed by atoms with E-state index in [1.807, 2.05) is 0 Å². The molecule has 2 aliphatic rings. The number of halogens is 1. The van der Waals surface area contributed by atoms with E-state index in [0.717, 1.165) is 18.3 Å². The number of pyridine rings is 1. The SMILES string of the molecule is O=C(O)c1cnc(N2CCC3CCCCC32)c(Cl)c1. The first kappa shape index (κ1) is 12.7. The summed E-state index contributed by atoms with van der Waals surface area (Å²) in [7, 11) is 0. The molecule has 2 unspecified atom stereocenters. The average molecular weight is 281 g/mol. The molecule has 0 aromatic carbocycles. The van der Waals surface area contributed by atoms with Crippen LogP contribution in [0.5, 0.6) is 0 Å². The number of carboxylic acids is 1. The van der Waals surface area contributed by atoms with E-state index in [-0.39, 0.29) is 5.56 Å². The molecule has 0 amide bonds. The van der Waals surface area contributed by atoms with Crippen LogP contribution in [0.1, 0.15) is 42.5 Å². The third-order valence-corrected chi connectivity index (χ3v) is 4.63. The Balaban J connectivity index is 1.88. The highest BCUT2D eigenvalue weighted by atomic mass is 35.5. The average Bonchev–Trinajstić information content (AvgIpc) is 2.82. The Morgan fingerprint density at radius 2 is 2.16 bits per heavy atom. The Labute approximate surface area is 117 Å². The Morgan fingerprint density at radius 1 is 1.37 bits per heavy atom. The van der Waals surface area contributed by atoms with Crippen molar-refractivity contribution in [3.05, 3.63) is 22.8 Å².